The zero-order chi connectivity index (χ0) is 12.5. The summed E-state index contributed by atoms with van der Waals surface area (Å²) in [7, 11) is 0. The minimum Gasteiger partial charge on any atom is -0.328 e. The van der Waals surface area contributed by atoms with E-state index in [0.717, 1.165) is 24.9 Å². The number of aromatic nitrogens is 2. The molecule has 1 fully saturated rings. The van der Waals surface area contributed by atoms with Crippen LogP contribution >= 0.6 is 0 Å². The molecule has 1 aromatic heterocycles. The molecule has 2 aromatic rings. The zero-order valence-corrected chi connectivity index (χ0v) is 11.0. The summed E-state index contributed by atoms with van der Waals surface area (Å²) in [5.41, 5.74) is 8.61. The summed E-state index contributed by atoms with van der Waals surface area (Å²) < 4.78 is 2.38. The van der Waals surface area contributed by atoms with Crippen molar-refractivity contribution in [2.75, 3.05) is 0 Å². The molecule has 1 aliphatic rings. The number of aryl methyl sites for hydroxylation is 1. The number of imidazole rings is 1. The monoisotopic (exact) mass is 243 g/mol. The van der Waals surface area contributed by atoms with Gasteiger partial charge in [-0.05, 0) is 31.4 Å². The standard InChI is InChI=1S/C15H21N3/c1-2-10-18-14-9-4-3-8-13(14)17-15(18)11-6-5-7-12(11)16/h3-4,8-9,11-12H,2,5-7,10,16H2,1H3. The Labute approximate surface area is 108 Å². The number of hydrogen-bond donors (Lipinski definition) is 1. The van der Waals surface area contributed by atoms with Gasteiger partial charge in [0.05, 0.1) is 11.0 Å². The normalized spacial score (nSPS) is 23.9. The summed E-state index contributed by atoms with van der Waals surface area (Å²) in [6.07, 6.45) is 4.70. The Bertz CT molecular complexity index is 544. The average Bonchev–Trinajstić information content (AvgIpc) is 2.94. The minimum atomic E-state index is 0.289. The van der Waals surface area contributed by atoms with E-state index < -0.39 is 0 Å². The summed E-state index contributed by atoms with van der Waals surface area (Å²) in [6.45, 7) is 3.26. The number of nitrogens with two attached hydrogens (primary N) is 1. The van der Waals surface area contributed by atoms with E-state index in [1.54, 1.807) is 0 Å². The Morgan fingerprint density at radius 3 is 2.89 bits per heavy atom. The molecule has 0 aliphatic heterocycles. The Balaban J connectivity index is 2.12. The molecule has 2 N–H and O–H groups in total. The van der Waals surface area contributed by atoms with E-state index >= 15 is 0 Å². The fourth-order valence-corrected chi connectivity index (χ4v) is 3.15. The van der Waals surface area contributed by atoms with Crippen molar-refractivity contribution in [1.82, 2.24) is 9.55 Å². The highest BCUT2D eigenvalue weighted by Gasteiger charge is 2.29. The molecule has 96 valence electrons. The Hall–Kier alpha value is -1.35. The maximum Gasteiger partial charge on any atom is 0.114 e. The van der Waals surface area contributed by atoms with Crippen molar-refractivity contribution in [3.05, 3.63) is 30.1 Å². The molecular formula is C15H21N3. The van der Waals surface area contributed by atoms with Crippen molar-refractivity contribution in [3.63, 3.8) is 0 Å². The van der Waals surface area contributed by atoms with Crippen LogP contribution in [0.15, 0.2) is 24.3 Å². The molecular weight excluding hydrogens is 222 g/mol. The van der Waals surface area contributed by atoms with Crippen molar-refractivity contribution >= 4 is 11.0 Å². The van der Waals surface area contributed by atoms with E-state index in [1.165, 1.54) is 24.2 Å². The van der Waals surface area contributed by atoms with Gasteiger partial charge in [0.25, 0.3) is 0 Å². The predicted octanol–water partition coefficient (Wildman–Crippen LogP) is 3.04. The maximum atomic E-state index is 6.24. The van der Waals surface area contributed by atoms with Crippen molar-refractivity contribution in [2.24, 2.45) is 5.73 Å². The molecule has 1 aliphatic carbocycles. The second-order valence-corrected chi connectivity index (χ2v) is 5.31. The lowest BCUT2D eigenvalue weighted by Gasteiger charge is -2.17. The van der Waals surface area contributed by atoms with Gasteiger partial charge in [-0.3, -0.25) is 0 Å². The third-order valence-electron chi connectivity index (χ3n) is 4.03. The summed E-state index contributed by atoms with van der Waals surface area (Å²) in [6, 6.07) is 8.71. The number of rotatable bonds is 3. The lowest BCUT2D eigenvalue weighted by Crippen LogP contribution is -2.25. The van der Waals surface area contributed by atoms with Gasteiger partial charge >= 0.3 is 0 Å². The highest BCUT2D eigenvalue weighted by Crippen LogP contribution is 2.34. The van der Waals surface area contributed by atoms with Crippen molar-refractivity contribution < 1.29 is 0 Å². The van der Waals surface area contributed by atoms with Crippen LogP contribution in [0.25, 0.3) is 11.0 Å². The van der Waals surface area contributed by atoms with Crippen molar-refractivity contribution in [1.29, 1.82) is 0 Å². The van der Waals surface area contributed by atoms with Gasteiger partial charge in [0.15, 0.2) is 0 Å². The largest absolute Gasteiger partial charge is 0.328 e. The first-order valence-electron chi connectivity index (χ1n) is 7.02. The molecule has 0 saturated heterocycles. The predicted molar refractivity (Wildman–Crippen MR) is 74.6 cm³/mol. The number of fused-ring (bicyclic) bond motifs is 1. The SMILES string of the molecule is CCCn1c(C2CCCC2N)nc2ccccc21. The molecule has 2 atom stereocenters. The Morgan fingerprint density at radius 1 is 1.33 bits per heavy atom. The average molecular weight is 243 g/mol. The Kier molecular flexibility index (Phi) is 3.08. The van der Waals surface area contributed by atoms with Crippen LogP contribution in [0.2, 0.25) is 0 Å². The van der Waals surface area contributed by atoms with Gasteiger partial charge in [0, 0.05) is 18.5 Å². The van der Waals surface area contributed by atoms with E-state index in [1.807, 2.05) is 0 Å². The zero-order valence-electron chi connectivity index (χ0n) is 11.0. The fraction of sp³-hybridized carbons (Fsp3) is 0.533. The first kappa shape index (κ1) is 11.7. The fourth-order valence-electron chi connectivity index (χ4n) is 3.15. The van der Waals surface area contributed by atoms with Gasteiger partial charge in [-0.1, -0.05) is 25.5 Å². The van der Waals surface area contributed by atoms with Crippen LogP contribution in [-0.4, -0.2) is 15.6 Å². The summed E-state index contributed by atoms with van der Waals surface area (Å²) in [5, 5.41) is 0. The van der Waals surface area contributed by atoms with Crippen LogP contribution in [-0.2, 0) is 6.54 Å². The summed E-state index contributed by atoms with van der Waals surface area (Å²) >= 11 is 0. The molecule has 0 radical (unpaired) electrons. The molecule has 3 heteroatoms. The first-order valence-corrected chi connectivity index (χ1v) is 7.02. The Morgan fingerprint density at radius 2 is 2.17 bits per heavy atom. The van der Waals surface area contributed by atoms with E-state index in [4.69, 9.17) is 10.7 Å². The molecule has 3 nitrogen and oxygen atoms in total. The molecule has 1 heterocycles. The molecule has 1 aromatic carbocycles. The van der Waals surface area contributed by atoms with Gasteiger partial charge in [0.1, 0.15) is 5.82 Å². The molecule has 2 unspecified atom stereocenters. The van der Waals surface area contributed by atoms with E-state index in [9.17, 15) is 0 Å². The van der Waals surface area contributed by atoms with E-state index in [2.05, 4.69) is 35.8 Å². The molecule has 18 heavy (non-hydrogen) atoms. The molecule has 3 rings (SSSR count). The molecule has 0 amide bonds. The van der Waals surface area contributed by atoms with Crippen LogP contribution in [0.5, 0.6) is 0 Å². The lowest BCUT2D eigenvalue weighted by atomic mass is 10.0. The summed E-state index contributed by atoms with van der Waals surface area (Å²) in [5.74, 6) is 1.66. The second kappa shape index (κ2) is 4.73. The number of para-hydroxylation sites is 2. The highest BCUT2D eigenvalue weighted by atomic mass is 15.1. The van der Waals surface area contributed by atoms with Gasteiger partial charge < -0.3 is 10.3 Å². The van der Waals surface area contributed by atoms with Crippen LogP contribution in [0.4, 0.5) is 0 Å². The van der Waals surface area contributed by atoms with Crippen LogP contribution < -0.4 is 5.73 Å². The molecule has 1 saturated carbocycles. The van der Waals surface area contributed by atoms with Gasteiger partial charge in [-0.25, -0.2) is 4.98 Å². The third-order valence-corrected chi connectivity index (χ3v) is 4.03. The maximum absolute atomic E-state index is 6.24. The van der Waals surface area contributed by atoms with Crippen LogP contribution in [0.3, 0.4) is 0 Å². The smallest absolute Gasteiger partial charge is 0.114 e. The topological polar surface area (TPSA) is 43.8 Å². The number of hydrogen-bond acceptors (Lipinski definition) is 2. The molecule has 0 spiro atoms. The van der Waals surface area contributed by atoms with Crippen molar-refractivity contribution in [3.8, 4) is 0 Å². The van der Waals surface area contributed by atoms with Gasteiger partial charge in [-0.2, -0.15) is 0 Å². The third kappa shape index (κ3) is 1.83. The van der Waals surface area contributed by atoms with Gasteiger partial charge in [0.2, 0.25) is 0 Å². The van der Waals surface area contributed by atoms with E-state index in [-0.39, 0.29) is 6.04 Å². The van der Waals surface area contributed by atoms with Gasteiger partial charge in [-0.15, -0.1) is 0 Å². The minimum absolute atomic E-state index is 0.289. The number of benzene rings is 1. The summed E-state index contributed by atoms with van der Waals surface area (Å²) in [4.78, 5) is 4.85. The first-order chi connectivity index (χ1) is 8.81. The van der Waals surface area contributed by atoms with Crippen LogP contribution in [0.1, 0.15) is 44.3 Å². The second-order valence-electron chi connectivity index (χ2n) is 5.31. The van der Waals surface area contributed by atoms with E-state index in [0.29, 0.717) is 5.92 Å². The van der Waals surface area contributed by atoms with Crippen LogP contribution in [0, 0.1) is 0 Å². The number of nitrogens with zero attached hydrogens (tertiary/aromatic N) is 2. The molecule has 0 bridgehead atoms. The highest BCUT2D eigenvalue weighted by molar-refractivity contribution is 5.76. The quantitative estimate of drug-likeness (QED) is 0.900. The lowest BCUT2D eigenvalue weighted by molar-refractivity contribution is 0.538. The van der Waals surface area contributed by atoms with Crippen molar-refractivity contribution in [2.45, 2.75) is 51.1 Å².